The molecule has 0 radical (unpaired) electrons. The molecule has 0 aliphatic heterocycles. The summed E-state index contributed by atoms with van der Waals surface area (Å²) < 4.78 is 0. The van der Waals surface area contributed by atoms with Crippen LogP contribution in [-0.4, -0.2) is 12.6 Å². The highest BCUT2D eigenvalue weighted by Crippen LogP contribution is 2.37. The Morgan fingerprint density at radius 2 is 1.67 bits per heavy atom. The first-order chi connectivity index (χ1) is 9.95. The van der Waals surface area contributed by atoms with Crippen molar-refractivity contribution in [2.24, 2.45) is 23.2 Å². The Hall–Kier alpha value is -0.0400. The van der Waals surface area contributed by atoms with Crippen LogP contribution in [0.2, 0.25) is 0 Å². The Kier molecular flexibility index (Phi) is 6.59. The molecule has 0 aromatic heterocycles. The molecular weight excluding hydrogens is 254 g/mol. The fourth-order valence-electron chi connectivity index (χ4n) is 4.69. The average Bonchev–Trinajstić information content (AvgIpc) is 2.64. The van der Waals surface area contributed by atoms with Gasteiger partial charge in [0, 0.05) is 6.04 Å². The first-order valence-electron chi connectivity index (χ1n) is 9.68. The second-order valence-corrected chi connectivity index (χ2v) is 9.15. The van der Waals surface area contributed by atoms with Crippen LogP contribution in [0.15, 0.2) is 0 Å². The maximum Gasteiger partial charge on any atom is 0.00671 e. The third-order valence-electron chi connectivity index (χ3n) is 6.22. The summed E-state index contributed by atoms with van der Waals surface area (Å²) in [5.74, 6) is 2.92. The van der Waals surface area contributed by atoms with Crippen LogP contribution >= 0.6 is 0 Å². The van der Waals surface area contributed by atoms with Gasteiger partial charge in [-0.15, -0.1) is 0 Å². The number of hydrogen-bond acceptors (Lipinski definition) is 1. The fraction of sp³-hybridized carbons (Fsp3) is 1.00. The smallest absolute Gasteiger partial charge is 0.00671 e. The minimum absolute atomic E-state index is 0.507. The normalized spacial score (nSPS) is 35.4. The third-order valence-corrected chi connectivity index (χ3v) is 6.22. The lowest BCUT2D eigenvalue weighted by Crippen LogP contribution is -2.31. The molecule has 1 N–H and O–H groups in total. The molecule has 0 aromatic rings. The largest absolute Gasteiger partial charge is 0.314 e. The molecule has 0 spiro atoms. The van der Waals surface area contributed by atoms with Crippen LogP contribution < -0.4 is 5.32 Å². The van der Waals surface area contributed by atoms with Gasteiger partial charge in [-0.25, -0.2) is 0 Å². The Balaban J connectivity index is 1.65. The third kappa shape index (κ3) is 5.93. The predicted octanol–water partition coefficient (Wildman–Crippen LogP) is 5.79. The van der Waals surface area contributed by atoms with Gasteiger partial charge >= 0.3 is 0 Å². The predicted molar refractivity (Wildman–Crippen MR) is 93.6 cm³/mol. The average molecular weight is 294 g/mol. The molecule has 0 bridgehead atoms. The van der Waals surface area contributed by atoms with Gasteiger partial charge < -0.3 is 5.32 Å². The SMILES string of the molecule is CC1CCCC(CCNC2CCCC(C(C)(C)C)CC2)C1. The van der Waals surface area contributed by atoms with Gasteiger partial charge in [-0.05, 0) is 68.2 Å². The van der Waals surface area contributed by atoms with Gasteiger partial charge in [-0.1, -0.05) is 53.4 Å². The second kappa shape index (κ2) is 7.99. The van der Waals surface area contributed by atoms with Gasteiger partial charge in [0.05, 0.1) is 0 Å². The van der Waals surface area contributed by atoms with Gasteiger partial charge in [-0.3, -0.25) is 0 Å². The molecule has 0 aromatic carbocycles. The number of rotatable bonds is 4. The van der Waals surface area contributed by atoms with E-state index in [0.29, 0.717) is 5.41 Å². The summed E-state index contributed by atoms with van der Waals surface area (Å²) in [6.45, 7) is 11.0. The Morgan fingerprint density at radius 1 is 0.905 bits per heavy atom. The summed E-state index contributed by atoms with van der Waals surface area (Å²) in [7, 11) is 0. The van der Waals surface area contributed by atoms with E-state index in [1.165, 1.54) is 70.8 Å². The van der Waals surface area contributed by atoms with Gasteiger partial charge in [0.2, 0.25) is 0 Å². The molecular formula is C20H39N. The lowest BCUT2D eigenvalue weighted by Gasteiger charge is -2.30. The zero-order chi connectivity index (χ0) is 15.3. The van der Waals surface area contributed by atoms with Crippen molar-refractivity contribution in [1.29, 1.82) is 0 Å². The van der Waals surface area contributed by atoms with Crippen molar-refractivity contribution < 1.29 is 0 Å². The van der Waals surface area contributed by atoms with E-state index in [9.17, 15) is 0 Å². The van der Waals surface area contributed by atoms with Crippen molar-refractivity contribution in [2.45, 2.75) is 97.9 Å². The second-order valence-electron chi connectivity index (χ2n) is 9.15. The Bertz CT molecular complexity index is 291. The molecule has 0 heterocycles. The monoisotopic (exact) mass is 293 g/mol. The van der Waals surface area contributed by atoms with Crippen molar-refractivity contribution >= 4 is 0 Å². The van der Waals surface area contributed by atoms with Crippen molar-refractivity contribution in [2.75, 3.05) is 6.54 Å². The first-order valence-corrected chi connectivity index (χ1v) is 9.68. The standard InChI is InChI=1S/C20H39N/c1-16-7-5-8-17(15-16)13-14-21-19-10-6-9-18(11-12-19)20(2,3)4/h16-19,21H,5-15H2,1-4H3. The molecule has 0 saturated heterocycles. The number of nitrogens with one attached hydrogen (secondary N) is 1. The van der Waals surface area contributed by atoms with Crippen LogP contribution in [0.25, 0.3) is 0 Å². The molecule has 1 heteroatoms. The molecule has 2 fully saturated rings. The van der Waals surface area contributed by atoms with Crippen LogP contribution in [0.5, 0.6) is 0 Å². The molecule has 21 heavy (non-hydrogen) atoms. The summed E-state index contributed by atoms with van der Waals surface area (Å²) in [4.78, 5) is 0. The van der Waals surface area contributed by atoms with Gasteiger partial charge in [0.25, 0.3) is 0 Å². The van der Waals surface area contributed by atoms with Crippen molar-refractivity contribution in [3.05, 3.63) is 0 Å². The zero-order valence-corrected chi connectivity index (χ0v) is 15.1. The van der Waals surface area contributed by atoms with Crippen LogP contribution in [0, 0.1) is 23.2 Å². The fourth-order valence-corrected chi connectivity index (χ4v) is 4.69. The molecule has 4 atom stereocenters. The van der Waals surface area contributed by atoms with Gasteiger partial charge in [0.15, 0.2) is 0 Å². The minimum Gasteiger partial charge on any atom is -0.314 e. The van der Waals surface area contributed by atoms with Crippen LogP contribution in [0.1, 0.15) is 91.9 Å². The molecule has 1 nitrogen and oxygen atoms in total. The van der Waals surface area contributed by atoms with Crippen molar-refractivity contribution in [1.82, 2.24) is 5.32 Å². The van der Waals surface area contributed by atoms with Crippen LogP contribution in [0.4, 0.5) is 0 Å². The zero-order valence-electron chi connectivity index (χ0n) is 15.1. The highest BCUT2D eigenvalue weighted by atomic mass is 14.9. The molecule has 0 amide bonds. The van der Waals surface area contributed by atoms with E-state index >= 15 is 0 Å². The molecule has 2 aliphatic rings. The summed E-state index contributed by atoms with van der Waals surface area (Å²) in [5.41, 5.74) is 0.507. The molecule has 2 saturated carbocycles. The Labute approximate surface area is 133 Å². The maximum absolute atomic E-state index is 3.90. The highest BCUT2D eigenvalue weighted by molar-refractivity contribution is 4.81. The summed E-state index contributed by atoms with van der Waals surface area (Å²) in [5, 5.41) is 3.90. The van der Waals surface area contributed by atoms with Crippen molar-refractivity contribution in [3.8, 4) is 0 Å². The van der Waals surface area contributed by atoms with Gasteiger partial charge in [0.1, 0.15) is 0 Å². The van der Waals surface area contributed by atoms with E-state index in [0.717, 1.165) is 23.8 Å². The van der Waals surface area contributed by atoms with Crippen molar-refractivity contribution in [3.63, 3.8) is 0 Å². The van der Waals surface area contributed by atoms with Crippen LogP contribution in [0.3, 0.4) is 0 Å². The summed E-state index contributed by atoms with van der Waals surface area (Å²) in [6, 6.07) is 0.804. The molecule has 2 rings (SSSR count). The summed E-state index contributed by atoms with van der Waals surface area (Å²) in [6.07, 6.45) is 14.5. The first kappa shape index (κ1) is 17.3. The molecule has 124 valence electrons. The van der Waals surface area contributed by atoms with E-state index < -0.39 is 0 Å². The van der Waals surface area contributed by atoms with E-state index in [1.807, 2.05) is 0 Å². The lowest BCUT2D eigenvalue weighted by molar-refractivity contribution is 0.213. The Morgan fingerprint density at radius 3 is 2.38 bits per heavy atom. The summed E-state index contributed by atoms with van der Waals surface area (Å²) >= 11 is 0. The molecule has 2 aliphatic carbocycles. The van der Waals surface area contributed by atoms with E-state index in [1.54, 1.807) is 0 Å². The quantitative estimate of drug-likeness (QED) is 0.647. The number of hydrogen-bond donors (Lipinski definition) is 1. The lowest BCUT2D eigenvalue weighted by atomic mass is 9.76. The maximum atomic E-state index is 3.90. The van der Waals surface area contributed by atoms with Crippen LogP contribution in [-0.2, 0) is 0 Å². The molecule has 4 unspecified atom stereocenters. The van der Waals surface area contributed by atoms with Gasteiger partial charge in [-0.2, -0.15) is 0 Å². The topological polar surface area (TPSA) is 12.0 Å². The van der Waals surface area contributed by atoms with E-state index in [2.05, 4.69) is 33.0 Å². The van der Waals surface area contributed by atoms with E-state index in [-0.39, 0.29) is 0 Å². The van der Waals surface area contributed by atoms with E-state index in [4.69, 9.17) is 0 Å². The highest BCUT2D eigenvalue weighted by Gasteiger charge is 2.27. The minimum atomic E-state index is 0.507.